The molecule has 1 amide bonds. The van der Waals surface area contributed by atoms with Gasteiger partial charge >= 0.3 is 0 Å². The number of nitrogens with one attached hydrogen (secondary N) is 1. The molecule has 0 spiro atoms. The number of anilines is 1. The van der Waals surface area contributed by atoms with Crippen molar-refractivity contribution in [3.05, 3.63) is 18.5 Å². The largest absolute Gasteiger partial charge is 0.352 e. The summed E-state index contributed by atoms with van der Waals surface area (Å²) in [6.07, 6.45) is 7.18. The highest BCUT2D eigenvalue weighted by Crippen LogP contribution is 2.29. The quantitative estimate of drug-likeness (QED) is 0.907. The van der Waals surface area contributed by atoms with Gasteiger partial charge in [0.2, 0.25) is 11.9 Å². The number of rotatable bonds is 4. The van der Waals surface area contributed by atoms with Crippen LogP contribution >= 0.6 is 0 Å². The van der Waals surface area contributed by atoms with Crippen LogP contribution in [0, 0.1) is 11.8 Å². The molecule has 6 heteroatoms. The highest BCUT2D eigenvalue weighted by molar-refractivity contribution is 5.78. The molecular weight excluding hydrogens is 302 g/mol. The van der Waals surface area contributed by atoms with Gasteiger partial charge in [-0.1, -0.05) is 26.7 Å². The fourth-order valence-corrected chi connectivity index (χ4v) is 3.80. The Morgan fingerprint density at radius 2 is 1.88 bits per heavy atom. The third-order valence-corrected chi connectivity index (χ3v) is 5.63. The monoisotopic (exact) mass is 331 g/mol. The van der Waals surface area contributed by atoms with E-state index < -0.39 is 0 Å². The standard InChI is InChI=1S/C18H29N5O/c1-14-5-3-6-16(15(14)2)21-17(24)13-22-9-11-23(12-10-22)18-19-7-4-8-20-18/h4,7-8,14-16H,3,5-6,9-13H2,1-2H3,(H,21,24)/t14-,15-,16-/m1/s1. The van der Waals surface area contributed by atoms with Crippen LogP contribution in [0.2, 0.25) is 0 Å². The molecule has 0 bridgehead atoms. The number of piperazine rings is 1. The lowest BCUT2D eigenvalue weighted by Crippen LogP contribution is -2.52. The second-order valence-corrected chi connectivity index (χ2v) is 7.25. The summed E-state index contributed by atoms with van der Waals surface area (Å²) in [4.78, 5) is 25.4. The predicted octanol–water partition coefficient (Wildman–Crippen LogP) is 1.54. The number of hydrogen-bond acceptors (Lipinski definition) is 5. The van der Waals surface area contributed by atoms with E-state index >= 15 is 0 Å². The average Bonchev–Trinajstić information content (AvgIpc) is 2.60. The van der Waals surface area contributed by atoms with Crippen LogP contribution in [0.3, 0.4) is 0 Å². The van der Waals surface area contributed by atoms with Crippen LogP contribution in [-0.2, 0) is 4.79 Å². The van der Waals surface area contributed by atoms with E-state index in [1.807, 2.05) is 6.07 Å². The van der Waals surface area contributed by atoms with E-state index in [9.17, 15) is 4.79 Å². The number of nitrogens with zero attached hydrogens (tertiary/aromatic N) is 4. The fraction of sp³-hybridized carbons (Fsp3) is 0.722. The molecule has 1 saturated heterocycles. The second kappa shape index (κ2) is 7.92. The van der Waals surface area contributed by atoms with Crippen molar-refractivity contribution in [1.29, 1.82) is 0 Å². The Hall–Kier alpha value is -1.69. The molecule has 2 fully saturated rings. The summed E-state index contributed by atoms with van der Waals surface area (Å²) in [5.41, 5.74) is 0. The zero-order valence-electron chi connectivity index (χ0n) is 14.8. The molecule has 1 aromatic rings. The molecule has 2 heterocycles. The maximum absolute atomic E-state index is 12.4. The molecule has 1 aliphatic carbocycles. The number of amides is 1. The van der Waals surface area contributed by atoms with Gasteiger partial charge in [0.05, 0.1) is 6.54 Å². The number of hydrogen-bond donors (Lipinski definition) is 1. The smallest absolute Gasteiger partial charge is 0.234 e. The second-order valence-electron chi connectivity index (χ2n) is 7.25. The van der Waals surface area contributed by atoms with Crippen LogP contribution in [0.1, 0.15) is 33.1 Å². The number of carbonyl (C=O) groups excluding carboxylic acids is 1. The molecule has 6 nitrogen and oxygen atoms in total. The zero-order valence-corrected chi connectivity index (χ0v) is 14.8. The van der Waals surface area contributed by atoms with E-state index in [0.717, 1.165) is 38.5 Å². The van der Waals surface area contributed by atoms with Gasteiger partial charge in [-0.05, 0) is 24.3 Å². The first-order valence-electron chi connectivity index (χ1n) is 9.17. The molecule has 132 valence electrons. The lowest BCUT2D eigenvalue weighted by atomic mass is 9.78. The van der Waals surface area contributed by atoms with Crippen LogP contribution in [0.5, 0.6) is 0 Å². The summed E-state index contributed by atoms with van der Waals surface area (Å²) >= 11 is 0. The van der Waals surface area contributed by atoms with Gasteiger partial charge in [-0.2, -0.15) is 0 Å². The molecule has 1 aromatic heterocycles. The van der Waals surface area contributed by atoms with Gasteiger partial charge in [0, 0.05) is 44.6 Å². The lowest BCUT2D eigenvalue weighted by Gasteiger charge is -2.36. The Morgan fingerprint density at radius 1 is 1.17 bits per heavy atom. The van der Waals surface area contributed by atoms with Crippen LogP contribution < -0.4 is 10.2 Å². The minimum atomic E-state index is 0.172. The van der Waals surface area contributed by atoms with E-state index in [1.54, 1.807) is 12.4 Å². The molecule has 1 aliphatic heterocycles. The van der Waals surface area contributed by atoms with Crippen LogP contribution in [0.4, 0.5) is 5.95 Å². The highest BCUT2D eigenvalue weighted by Gasteiger charge is 2.29. The Labute approximate surface area is 144 Å². The SMILES string of the molecule is C[C@@H]1[C@H](C)CCC[C@H]1NC(=O)CN1CCN(c2ncccn2)CC1. The third kappa shape index (κ3) is 4.23. The van der Waals surface area contributed by atoms with E-state index in [4.69, 9.17) is 0 Å². The summed E-state index contributed by atoms with van der Waals surface area (Å²) < 4.78 is 0. The maximum Gasteiger partial charge on any atom is 0.234 e. The summed E-state index contributed by atoms with van der Waals surface area (Å²) in [7, 11) is 0. The first-order valence-corrected chi connectivity index (χ1v) is 9.17. The van der Waals surface area contributed by atoms with Crippen molar-refractivity contribution in [1.82, 2.24) is 20.2 Å². The van der Waals surface area contributed by atoms with Crippen molar-refractivity contribution in [2.24, 2.45) is 11.8 Å². The van der Waals surface area contributed by atoms with Crippen molar-refractivity contribution in [2.75, 3.05) is 37.6 Å². The minimum Gasteiger partial charge on any atom is -0.352 e. The van der Waals surface area contributed by atoms with E-state index in [1.165, 1.54) is 12.8 Å². The average molecular weight is 331 g/mol. The molecule has 1 saturated carbocycles. The van der Waals surface area contributed by atoms with Gasteiger partial charge in [-0.25, -0.2) is 9.97 Å². The van der Waals surface area contributed by atoms with Gasteiger partial charge in [-0.15, -0.1) is 0 Å². The Bertz CT molecular complexity index is 529. The molecule has 1 N–H and O–H groups in total. The Balaban J connectivity index is 1.43. The summed E-state index contributed by atoms with van der Waals surface area (Å²) in [5, 5.41) is 3.27. The van der Waals surface area contributed by atoms with Crippen molar-refractivity contribution >= 4 is 11.9 Å². The molecule has 0 radical (unpaired) electrons. The molecular formula is C18H29N5O. The van der Waals surface area contributed by atoms with E-state index in [2.05, 4.69) is 38.9 Å². The van der Waals surface area contributed by atoms with E-state index in [-0.39, 0.29) is 5.91 Å². The number of carbonyl (C=O) groups is 1. The third-order valence-electron chi connectivity index (χ3n) is 5.63. The fourth-order valence-electron chi connectivity index (χ4n) is 3.80. The number of aromatic nitrogens is 2. The molecule has 3 atom stereocenters. The van der Waals surface area contributed by atoms with Crippen LogP contribution in [0.15, 0.2) is 18.5 Å². The first kappa shape index (κ1) is 17.1. The molecule has 2 aliphatic rings. The maximum atomic E-state index is 12.4. The Kier molecular flexibility index (Phi) is 5.66. The van der Waals surface area contributed by atoms with Gasteiger partial charge < -0.3 is 10.2 Å². The van der Waals surface area contributed by atoms with Gasteiger partial charge in [0.15, 0.2) is 0 Å². The van der Waals surface area contributed by atoms with Gasteiger partial charge in [0.1, 0.15) is 0 Å². The van der Waals surface area contributed by atoms with Crippen LogP contribution in [-0.4, -0.2) is 59.5 Å². The topological polar surface area (TPSA) is 61.4 Å². The van der Waals surface area contributed by atoms with Crippen LogP contribution in [0.25, 0.3) is 0 Å². The molecule has 0 aromatic carbocycles. The molecule has 3 rings (SSSR count). The minimum absolute atomic E-state index is 0.172. The van der Waals surface area contributed by atoms with Gasteiger partial charge in [-0.3, -0.25) is 9.69 Å². The first-order chi connectivity index (χ1) is 11.6. The van der Waals surface area contributed by atoms with Crippen molar-refractivity contribution in [2.45, 2.75) is 39.2 Å². The molecule has 0 unspecified atom stereocenters. The predicted molar refractivity (Wildman–Crippen MR) is 94.8 cm³/mol. The van der Waals surface area contributed by atoms with E-state index in [0.29, 0.717) is 24.4 Å². The highest BCUT2D eigenvalue weighted by atomic mass is 16.2. The normalized spacial score (nSPS) is 28.6. The van der Waals surface area contributed by atoms with Crippen molar-refractivity contribution in [3.8, 4) is 0 Å². The molecule has 24 heavy (non-hydrogen) atoms. The summed E-state index contributed by atoms with van der Waals surface area (Å²) in [6, 6.07) is 2.18. The van der Waals surface area contributed by atoms with Gasteiger partial charge in [0.25, 0.3) is 0 Å². The Morgan fingerprint density at radius 3 is 2.58 bits per heavy atom. The summed E-state index contributed by atoms with van der Waals surface area (Å²) in [6.45, 7) is 8.56. The van der Waals surface area contributed by atoms with Crippen molar-refractivity contribution in [3.63, 3.8) is 0 Å². The zero-order chi connectivity index (χ0) is 16.9. The lowest BCUT2D eigenvalue weighted by molar-refractivity contribution is -0.123. The van der Waals surface area contributed by atoms with Crippen molar-refractivity contribution < 1.29 is 4.79 Å². The summed E-state index contributed by atoms with van der Waals surface area (Å²) in [5.74, 6) is 2.24.